The van der Waals surface area contributed by atoms with Crippen molar-refractivity contribution in [1.29, 1.82) is 0 Å². The van der Waals surface area contributed by atoms with E-state index in [1.165, 1.54) is 13.2 Å². The molecule has 0 heterocycles. The number of benzene rings is 3. The lowest BCUT2D eigenvalue weighted by atomic mass is 10.1. The first-order valence-electron chi connectivity index (χ1n) is 7.53. The topological polar surface area (TPSA) is 63.6 Å². The minimum Gasteiger partial charge on any atom is -0.508 e. The van der Waals surface area contributed by atoms with Crippen molar-refractivity contribution in [3.05, 3.63) is 66.2 Å². The summed E-state index contributed by atoms with van der Waals surface area (Å²) in [5.74, 6) is 0.441. The number of methoxy groups -OCH3 is 1. The van der Waals surface area contributed by atoms with Crippen LogP contribution in [0.5, 0.6) is 11.5 Å². The van der Waals surface area contributed by atoms with Crippen molar-refractivity contribution in [3.8, 4) is 11.5 Å². The van der Waals surface area contributed by atoms with Gasteiger partial charge in [-0.25, -0.2) is 8.42 Å². The fourth-order valence-electron chi connectivity index (χ4n) is 2.70. The summed E-state index contributed by atoms with van der Waals surface area (Å²) in [5.41, 5.74) is 0.322. The van der Waals surface area contributed by atoms with Crippen molar-refractivity contribution in [3.63, 3.8) is 0 Å². The lowest BCUT2D eigenvalue weighted by Gasteiger charge is -2.16. The molecule has 0 saturated heterocycles. The monoisotopic (exact) mass is 342 g/mol. The molecule has 3 aromatic rings. The fraction of sp³-hybridized carbons (Fsp3) is 0.158. The second-order valence-corrected chi connectivity index (χ2v) is 7.89. The van der Waals surface area contributed by atoms with Crippen LogP contribution in [0.3, 0.4) is 0 Å². The van der Waals surface area contributed by atoms with E-state index in [1.807, 2.05) is 24.3 Å². The molecular formula is C19H18O4S. The van der Waals surface area contributed by atoms with Gasteiger partial charge in [0.1, 0.15) is 11.5 Å². The standard InChI is InChI=1S/C19H18O4S/c1-13(18-12-16(23-2)8-10-19(18)20)24(21,22)17-9-7-14-5-3-4-6-15(14)11-17/h3-13,20H,1-2H3/t13-/m0/s1. The van der Waals surface area contributed by atoms with Gasteiger partial charge in [0.25, 0.3) is 0 Å². The Morgan fingerprint density at radius 2 is 1.67 bits per heavy atom. The van der Waals surface area contributed by atoms with Gasteiger partial charge in [0.2, 0.25) is 0 Å². The third-order valence-corrected chi connectivity index (χ3v) is 6.28. The highest BCUT2D eigenvalue weighted by molar-refractivity contribution is 7.91. The van der Waals surface area contributed by atoms with Gasteiger partial charge in [0.15, 0.2) is 9.84 Å². The van der Waals surface area contributed by atoms with Crippen molar-refractivity contribution >= 4 is 20.6 Å². The van der Waals surface area contributed by atoms with Crippen LogP contribution in [0.2, 0.25) is 0 Å². The molecule has 0 amide bonds. The molecule has 5 heteroatoms. The third-order valence-electron chi connectivity index (χ3n) is 4.19. The lowest BCUT2D eigenvalue weighted by Crippen LogP contribution is -2.11. The Hall–Kier alpha value is -2.53. The molecule has 0 unspecified atom stereocenters. The van der Waals surface area contributed by atoms with E-state index in [9.17, 15) is 13.5 Å². The number of sulfone groups is 1. The van der Waals surface area contributed by atoms with E-state index < -0.39 is 15.1 Å². The van der Waals surface area contributed by atoms with E-state index >= 15 is 0 Å². The fourth-order valence-corrected chi connectivity index (χ4v) is 4.18. The van der Waals surface area contributed by atoms with E-state index in [2.05, 4.69) is 0 Å². The summed E-state index contributed by atoms with van der Waals surface area (Å²) in [6.07, 6.45) is 0. The van der Waals surface area contributed by atoms with Crippen LogP contribution in [0, 0.1) is 0 Å². The molecule has 3 rings (SSSR count). The van der Waals surface area contributed by atoms with E-state index in [0.29, 0.717) is 11.3 Å². The number of hydrogen-bond acceptors (Lipinski definition) is 4. The third kappa shape index (κ3) is 2.83. The predicted octanol–water partition coefficient (Wildman–Crippen LogP) is 4.09. The molecule has 124 valence electrons. The van der Waals surface area contributed by atoms with Crippen molar-refractivity contribution in [2.24, 2.45) is 0 Å². The molecule has 0 aliphatic carbocycles. The van der Waals surface area contributed by atoms with Crippen LogP contribution in [-0.2, 0) is 9.84 Å². The minimum absolute atomic E-state index is 0.0623. The molecule has 0 aromatic heterocycles. The summed E-state index contributed by atoms with van der Waals surface area (Å²) in [6.45, 7) is 1.57. The van der Waals surface area contributed by atoms with Crippen LogP contribution in [0.15, 0.2) is 65.6 Å². The Kier molecular flexibility index (Phi) is 4.20. The molecular weight excluding hydrogens is 324 g/mol. The maximum absolute atomic E-state index is 13.0. The number of rotatable bonds is 4. The molecule has 0 aliphatic rings. The highest BCUT2D eigenvalue weighted by Gasteiger charge is 2.27. The average Bonchev–Trinajstić information content (AvgIpc) is 2.61. The van der Waals surface area contributed by atoms with Crippen LogP contribution in [-0.4, -0.2) is 20.6 Å². The molecule has 0 radical (unpaired) electrons. The van der Waals surface area contributed by atoms with Gasteiger partial charge in [0.05, 0.1) is 17.3 Å². The second-order valence-electron chi connectivity index (χ2n) is 5.62. The maximum Gasteiger partial charge on any atom is 0.185 e. The number of phenols is 1. The number of fused-ring (bicyclic) bond motifs is 1. The van der Waals surface area contributed by atoms with Crippen LogP contribution < -0.4 is 4.74 Å². The van der Waals surface area contributed by atoms with Crippen LogP contribution in [0.25, 0.3) is 10.8 Å². The van der Waals surface area contributed by atoms with E-state index in [-0.39, 0.29) is 10.6 Å². The largest absolute Gasteiger partial charge is 0.508 e. The Bertz CT molecular complexity index is 993. The van der Waals surface area contributed by atoms with E-state index in [4.69, 9.17) is 4.74 Å². The molecule has 1 N–H and O–H groups in total. The van der Waals surface area contributed by atoms with Gasteiger partial charge in [-0.2, -0.15) is 0 Å². The van der Waals surface area contributed by atoms with E-state index in [0.717, 1.165) is 10.8 Å². The number of hydrogen-bond donors (Lipinski definition) is 1. The molecule has 0 spiro atoms. The Morgan fingerprint density at radius 1 is 0.958 bits per heavy atom. The first-order chi connectivity index (χ1) is 11.4. The van der Waals surface area contributed by atoms with E-state index in [1.54, 1.807) is 37.3 Å². The molecule has 3 aromatic carbocycles. The van der Waals surface area contributed by atoms with Crippen molar-refractivity contribution < 1.29 is 18.3 Å². The zero-order valence-corrected chi connectivity index (χ0v) is 14.2. The lowest BCUT2D eigenvalue weighted by molar-refractivity contribution is 0.410. The van der Waals surface area contributed by atoms with Gasteiger partial charge in [-0.1, -0.05) is 30.3 Å². The summed E-state index contributed by atoms with van der Waals surface area (Å²) < 4.78 is 31.1. The molecule has 1 atom stereocenters. The van der Waals surface area contributed by atoms with Crippen molar-refractivity contribution in [1.82, 2.24) is 0 Å². The second kappa shape index (κ2) is 6.17. The molecule has 0 aliphatic heterocycles. The van der Waals surface area contributed by atoms with Crippen molar-refractivity contribution in [2.75, 3.05) is 7.11 Å². The molecule has 24 heavy (non-hydrogen) atoms. The minimum atomic E-state index is -3.65. The predicted molar refractivity (Wildman–Crippen MR) is 94.2 cm³/mol. The van der Waals surface area contributed by atoms with Gasteiger partial charge in [-0.05, 0) is 48.0 Å². The summed E-state index contributed by atoms with van der Waals surface area (Å²) in [4.78, 5) is 0.232. The molecule has 0 fully saturated rings. The average molecular weight is 342 g/mol. The Balaban J connectivity index is 2.08. The highest BCUT2D eigenvalue weighted by Crippen LogP contribution is 2.36. The summed E-state index contributed by atoms with van der Waals surface area (Å²) in [6, 6.07) is 17.2. The Labute approximate surface area is 141 Å². The van der Waals surface area contributed by atoms with Crippen molar-refractivity contribution in [2.45, 2.75) is 17.1 Å². The van der Waals surface area contributed by atoms with Gasteiger partial charge >= 0.3 is 0 Å². The zero-order chi connectivity index (χ0) is 17.3. The molecule has 0 bridgehead atoms. The van der Waals surface area contributed by atoms with Gasteiger partial charge < -0.3 is 9.84 Å². The molecule has 0 saturated carbocycles. The summed E-state index contributed by atoms with van der Waals surface area (Å²) >= 11 is 0. The van der Waals surface area contributed by atoms with Gasteiger partial charge in [-0.3, -0.25) is 0 Å². The molecule has 4 nitrogen and oxygen atoms in total. The summed E-state index contributed by atoms with van der Waals surface area (Å²) in [7, 11) is -2.15. The maximum atomic E-state index is 13.0. The van der Waals surface area contributed by atoms with Gasteiger partial charge in [0, 0.05) is 5.56 Å². The van der Waals surface area contributed by atoms with Crippen LogP contribution in [0.4, 0.5) is 0 Å². The Morgan fingerprint density at radius 3 is 2.38 bits per heavy atom. The number of phenolic OH excluding ortho intramolecular Hbond substituents is 1. The van der Waals surface area contributed by atoms with Crippen LogP contribution in [0.1, 0.15) is 17.7 Å². The van der Waals surface area contributed by atoms with Gasteiger partial charge in [-0.15, -0.1) is 0 Å². The first kappa shape index (κ1) is 16.3. The van der Waals surface area contributed by atoms with Crippen LogP contribution >= 0.6 is 0 Å². The number of ether oxygens (including phenoxy) is 1. The summed E-state index contributed by atoms with van der Waals surface area (Å²) in [5, 5.41) is 11.0. The SMILES string of the molecule is COc1ccc(O)c([C@H](C)S(=O)(=O)c2ccc3ccccc3c2)c1. The normalized spacial score (nSPS) is 12.9. The highest BCUT2D eigenvalue weighted by atomic mass is 32.2. The first-order valence-corrected chi connectivity index (χ1v) is 9.07. The smallest absolute Gasteiger partial charge is 0.185 e. The number of aromatic hydroxyl groups is 1. The zero-order valence-electron chi connectivity index (χ0n) is 13.4. The quantitative estimate of drug-likeness (QED) is 0.776.